The molecule has 0 radical (unpaired) electrons. The maximum atomic E-state index is 11.8. The fourth-order valence-electron chi connectivity index (χ4n) is 1.89. The fourth-order valence-corrected chi connectivity index (χ4v) is 1.89. The molecule has 0 spiro atoms. The van der Waals surface area contributed by atoms with E-state index in [1.165, 1.54) is 0 Å². The molecule has 0 aliphatic heterocycles. The van der Waals surface area contributed by atoms with Gasteiger partial charge in [0.05, 0.1) is 5.52 Å². The van der Waals surface area contributed by atoms with Crippen molar-refractivity contribution < 1.29 is 9.90 Å². The van der Waals surface area contributed by atoms with Gasteiger partial charge in [-0.25, -0.2) is 0 Å². The molecule has 0 unspecified atom stereocenters. The van der Waals surface area contributed by atoms with E-state index >= 15 is 0 Å². The molecule has 1 N–H and O–H groups in total. The van der Waals surface area contributed by atoms with E-state index in [-0.39, 0.29) is 12.4 Å². The summed E-state index contributed by atoms with van der Waals surface area (Å²) in [6, 6.07) is 7.71. The molecule has 1 heterocycles. The number of ketones is 1. The monoisotopic (exact) mass is 232 g/mol. The van der Waals surface area contributed by atoms with Crippen molar-refractivity contribution in [3.8, 4) is 0 Å². The van der Waals surface area contributed by atoms with E-state index < -0.39 is 0 Å². The largest absolute Gasteiger partial charge is 0.396 e. The second-order valence-corrected chi connectivity index (χ2v) is 3.94. The van der Waals surface area contributed by atoms with Crippen LogP contribution in [0.2, 0.25) is 0 Å². The van der Waals surface area contributed by atoms with Gasteiger partial charge in [-0.1, -0.05) is 25.1 Å². The Hall–Kier alpha value is -1.68. The number of aryl methyl sites for hydroxylation is 1. The first-order valence-electron chi connectivity index (χ1n) is 5.87. The number of nitrogens with zero attached hydrogens (tertiary/aromatic N) is 2. The Bertz CT molecular complexity index is 531. The highest BCUT2D eigenvalue weighted by Gasteiger charge is 2.14. The quantitative estimate of drug-likeness (QED) is 0.802. The van der Waals surface area contributed by atoms with E-state index in [0.717, 1.165) is 10.9 Å². The van der Waals surface area contributed by atoms with Crippen molar-refractivity contribution >= 4 is 16.7 Å². The van der Waals surface area contributed by atoms with Crippen LogP contribution in [0.5, 0.6) is 0 Å². The smallest absolute Gasteiger partial charge is 0.183 e. The lowest BCUT2D eigenvalue weighted by Crippen LogP contribution is -2.04. The Morgan fingerprint density at radius 1 is 1.41 bits per heavy atom. The van der Waals surface area contributed by atoms with Crippen LogP contribution in [-0.4, -0.2) is 27.3 Å². The molecular formula is C13H16N2O2. The normalized spacial score (nSPS) is 10.9. The summed E-state index contributed by atoms with van der Waals surface area (Å²) in [6.07, 6.45) is 1.10. The molecule has 0 saturated carbocycles. The molecule has 4 nitrogen and oxygen atoms in total. The molecule has 0 atom stereocenters. The predicted octanol–water partition coefficient (Wildman–Crippen LogP) is 2.01. The maximum absolute atomic E-state index is 11.8. The van der Waals surface area contributed by atoms with Gasteiger partial charge in [0, 0.05) is 25.0 Å². The number of carbonyl (C=O) groups is 1. The molecule has 1 aromatic heterocycles. The number of benzene rings is 1. The van der Waals surface area contributed by atoms with Gasteiger partial charge in [-0.3, -0.25) is 9.48 Å². The SMILES string of the molecule is CCC(=O)c1nn(CCCO)c2ccccc12. The molecule has 17 heavy (non-hydrogen) atoms. The van der Waals surface area contributed by atoms with Crippen molar-refractivity contribution in [1.29, 1.82) is 0 Å². The minimum absolute atomic E-state index is 0.0592. The van der Waals surface area contributed by atoms with Crippen LogP contribution in [0.4, 0.5) is 0 Å². The molecule has 90 valence electrons. The average Bonchev–Trinajstić information content (AvgIpc) is 2.74. The molecule has 1 aromatic carbocycles. The van der Waals surface area contributed by atoms with Crippen LogP contribution in [0.15, 0.2) is 24.3 Å². The fraction of sp³-hybridized carbons (Fsp3) is 0.385. The average molecular weight is 232 g/mol. The third-order valence-electron chi connectivity index (χ3n) is 2.77. The maximum Gasteiger partial charge on any atom is 0.183 e. The number of Topliss-reactive ketones (excluding diaryl/α,β-unsaturated/α-hetero) is 1. The number of para-hydroxylation sites is 1. The van der Waals surface area contributed by atoms with E-state index in [1.807, 2.05) is 31.2 Å². The standard InChI is InChI=1S/C13H16N2O2/c1-2-12(17)13-10-6-3-4-7-11(10)15(14-13)8-5-9-16/h3-4,6-7,16H,2,5,8-9H2,1H3. The molecule has 0 saturated heterocycles. The Morgan fingerprint density at radius 3 is 2.88 bits per heavy atom. The first kappa shape index (κ1) is 11.8. The van der Waals surface area contributed by atoms with Crippen molar-refractivity contribution in [2.75, 3.05) is 6.61 Å². The minimum Gasteiger partial charge on any atom is -0.396 e. The number of hydrogen-bond donors (Lipinski definition) is 1. The number of aliphatic hydroxyl groups is 1. The van der Waals surface area contributed by atoms with Crippen LogP contribution in [-0.2, 0) is 6.54 Å². The second-order valence-electron chi connectivity index (χ2n) is 3.94. The molecule has 4 heteroatoms. The number of aromatic nitrogens is 2. The number of carbonyl (C=O) groups excluding carboxylic acids is 1. The minimum atomic E-state index is 0.0592. The molecule has 0 fully saturated rings. The third-order valence-corrected chi connectivity index (χ3v) is 2.77. The van der Waals surface area contributed by atoms with Crippen molar-refractivity contribution in [1.82, 2.24) is 9.78 Å². The highest BCUT2D eigenvalue weighted by Crippen LogP contribution is 2.19. The van der Waals surface area contributed by atoms with Gasteiger partial charge >= 0.3 is 0 Å². The summed E-state index contributed by atoms with van der Waals surface area (Å²) in [4.78, 5) is 11.8. The molecule has 0 amide bonds. The highest BCUT2D eigenvalue weighted by molar-refractivity contribution is 6.05. The van der Waals surface area contributed by atoms with Gasteiger partial charge in [-0.15, -0.1) is 0 Å². The molecule has 2 rings (SSSR count). The number of fused-ring (bicyclic) bond motifs is 1. The van der Waals surface area contributed by atoms with E-state index in [0.29, 0.717) is 25.1 Å². The van der Waals surface area contributed by atoms with Gasteiger partial charge < -0.3 is 5.11 Å². The zero-order valence-corrected chi connectivity index (χ0v) is 9.89. The van der Waals surface area contributed by atoms with Crippen LogP contribution in [0.1, 0.15) is 30.3 Å². The van der Waals surface area contributed by atoms with E-state index in [2.05, 4.69) is 5.10 Å². The van der Waals surface area contributed by atoms with E-state index in [9.17, 15) is 4.79 Å². The van der Waals surface area contributed by atoms with Crippen molar-refractivity contribution in [3.63, 3.8) is 0 Å². The summed E-state index contributed by atoms with van der Waals surface area (Å²) in [7, 11) is 0. The summed E-state index contributed by atoms with van der Waals surface area (Å²) in [5.74, 6) is 0.0592. The molecular weight excluding hydrogens is 216 g/mol. The lowest BCUT2D eigenvalue weighted by Gasteiger charge is -2.00. The third kappa shape index (κ3) is 2.22. The second kappa shape index (κ2) is 5.10. The van der Waals surface area contributed by atoms with Crippen LogP contribution >= 0.6 is 0 Å². The van der Waals surface area contributed by atoms with Gasteiger partial charge in [-0.05, 0) is 12.5 Å². The lowest BCUT2D eigenvalue weighted by molar-refractivity contribution is 0.0984. The van der Waals surface area contributed by atoms with Gasteiger partial charge in [0.25, 0.3) is 0 Å². The lowest BCUT2D eigenvalue weighted by atomic mass is 10.1. The van der Waals surface area contributed by atoms with Crippen LogP contribution in [0.25, 0.3) is 10.9 Å². The summed E-state index contributed by atoms with van der Waals surface area (Å²) in [6.45, 7) is 2.60. The van der Waals surface area contributed by atoms with Crippen molar-refractivity contribution in [2.45, 2.75) is 26.3 Å². The van der Waals surface area contributed by atoms with Crippen molar-refractivity contribution in [2.24, 2.45) is 0 Å². The topological polar surface area (TPSA) is 55.1 Å². The Balaban J connectivity index is 2.50. The molecule has 0 aliphatic carbocycles. The Kier molecular flexibility index (Phi) is 3.54. The van der Waals surface area contributed by atoms with Crippen LogP contribution in [0, 0.1) is 0 Å². The predicted molar refractivity (Wildman–Crippen MR) is 66.1 cm³/mol. The number of hydrogen-bond acceptors (Lipinski definition) is 3. The zero-order chi connectivity index (χ0) is 12.3. The van der Waals surface area contributed by atoms with E-state index in [1.54, 1.807) is 4.68 Å². The van der Waals surface area contributed by atoms with Gasteiger partial charge in [-0.2, -0.15) is 5.10 Å². The van der Waals surface area contributed by atoms with Gasteiger partial charge in [0.15, 0.2) is 5.78 Å². The summed E-state index contributed by atoms with van der Waals surface area (Å²) < 4.78 is 1.80. The number of rotatable bonds is 5. The number of aliphatic hydroxyl groups excluding tert-OH is 1. The van der Waals surface area contributed by atoms with Crippen molar-refractivity contribution in [3.05, 3.63) is 30.0 Å². The van der Waals surface area contributed by atoms with Crippen LogP contribution < -0.4 is 0 Å². The Morgan fingerprint density at radius 2 is 2.18 bits per heavy atom. The summed E-state index contributed by atoms with van der Waals surface area (Å²) in [5, 5.41) is 14.1. The first-order valence-corrected chi connectivity index (χ1v) is 5.87. The summed E-state index contributed by atoms with van der Waals surface area (Å²) >= 11 is 0. The van der Waals surface area contributed by atoms with Gasteiger partial charge in [0.1, 0.15) is 5.69 Å². The van der Waals surface area contributed by atoms with Gasteiger partial charge in [0.2, 0.25) is 0 Å². The first-order chi connectivity index (χ1) is 8.27. The molecule has 2 aromatic rings. The Labute approximate surface area is 99.9 Å². The van der Waals surface area contributed by atoms with E-state index in [4.69, 9.17) is 5.11 Å². The highest BCUT2D eigenvalue weighted by atomic mass is 16.3. The molecule has 0 aliphatic rings. The molecule has 0 bridgehead atoms. The van der Waals surface area contributed by atoms with Crippen LogP contribution in [0.3, 0.4) is 0 Å². The summed E-state index contributed by atoms with van der Waals surface area (Å²) in [5.41, 5.74) is 1.50. The zero-order valence-electron chi connectivity index (χ0n) is 9.89.